The molecular formula is C12H21N3O2. The lowest BCUT2D eigenvalue weighted by atomic mass is 10.2. The molecule has 0 atom stereocenters. The molecular weight excluding hydrogens is 218 g/mol. The zero-order valence-corrected chi connectivity index (χ0v) is 10.4. The number of hydrogen-bond donors (Lipinski definition) is 1. The SMILES string of the molecule is CCOC(=O)c1ccnn1CCCCCCN. The number of nitrogens with zero attached hydrogens (tertiary/aromatic N) is 2. The van der Waals surface area contributed by atoms with Crippen LogP contribution in [-0.4, -0.2) is 28.9 Å². The summed E-state index contributed by atoms with van der Waals surface area (Å²) in [6.45, 7) is 3.69. The van der Waals surface area contributed by atoms with Crippen LogP contribution in [0, 0.1) is 0 Å². The quantitative estimate of drug-likeness (QED) is 0.552. The highest BCUT2D eigenvalue weighted by molar-refractivity contribution is 5.87. The first-order chi connectivity index (χ1) is 8.29. The highest BCUT2D eigenvalue weighted by Gasteiger charge is 2.12. The molecule has 0 radical (unpaired) electrons. The van der Waals surface area contributed by atoms with Crippen molar-refractivity contribution in [3.05, 3.63) is 18.0 Å². The summed E-state index contributed by atoms with van der Waals surface area (Å²) in [7, 11) is 0. The van der Waals surface area contributed by atoms with E-state index in [4.69, 9.17) is 10.5 Å². The Bertz CT molecular complexity index is 336. The molecule has 17 heavy (non-hydrogen) atoms. The van der Waals surface area contributed by atoms with Crippen LogP contribution in [-0.2, 0) is 11.3 Å². The summed E-state index contributed by atoms with van der Waals surface area (Å²) in [6.07, 6.45) is 5.94. The van der Waals surface area contributed by atoms with Gasteiger partial charge in [-0.3, -0.25) is 4.68 Å². The third-order valence-corrected chi connectivity index (χ3v) is 2.53. The van der Waals surface area contributed by atoms with Gasteiger partial charge in [0.25, 0.3) is 0 Å². The first-order valence-electron chi connectivity index (χ1n) is 6.18. The van der Waals surface area contributed by atoms with E-state index in [1.54, 1.807) is 23.9 Å². The van der Waals surface area contributed by atoms with Crippen molar-refractivity contribution in [2.24, 2.45) is 5.73 Å². The number of carbonyl (C=O) groups excluding carboxylic acids is 1. The highest BCUT2D eigenvalue weighted by Crippen LogP contribution is 2.06. The van der Waals surface area contributed by atoms with Crippen molar-refractivity contribution in [1.29, 1.82) is 0 Å². The van der Waals surface area contributed by atoms with Gasteiger partial charge in [0, 0.05) is 12.7 Å². The van der Waals surface area contributed by atoms with E-state index in [0.29, 0.717) is 12.3 Å². The Hall–Kier alpha value is -1.36. The van der Waals surface area contributed by atoms with Crippen molar-refractivity contribution < 1.29 is 9.53 Å². The van der Waals surface area contributed by atoms with Crippen LogP contribution in [0.2, 0.25) is 0 Å². The zero-order chi connectivity index (χ0) is 12.5. The standard InChI is InChI=1S/C12H21N3O2/c1-2-17-12(16)11-7-9-14-15(11)10-6-4-3-5-8-13/h7,9H,2-6,8,10,13H2,1H3. The van der Waals surface area contributed by atoms with E-state index in [1.165, 1.54) is 0 Å². The van der Waals surface area contributed by atoms with Gasteiger partial charge in [-0.05, 0) is 32.4 Å². The summed E-state index contributed by atoms with van der Waals surface area (Å²) in [6, 6.07) is 1.69. The van der Waals surface area contributed by atoms with Crippen molar-refractivity contribution in [3.63, 3.8) is 0 Å². The summed E-state index contributed by atoms with van der Waals surface area (Å²) in [5, 5.41) is 4.13. The summed E-state index contributed by atoms with van der Waals surface area (Å²) in [4.78, 5) is 11.6. The topological polar surface area (TPSA) is 70.1 Å². The number of ether oxygens (including phenoxy) is 1. The van der Waals surface area contributed by atoms with E-state index < -0.39 is 0 Å². The Morgan fingerprint density at radius 3 is 2.88 bits per heavy atom. The molecule has 1 aromatic heterocycles. The van der Waals surface area contributed by atoms with Gasteiger partial charge in [-0.2, -0.15) is 5.10 Å². The van der Waals surface area contributed by atoms with Crippen LogP contribution in [0.1, 0.15) is 43.1 Å². The molecule has 0 spiro atoms. The summed E-state index contributed by atoms with van der Waals surface area (Å²) in [5.74, 6) is -0.299. The van der Waals surface area contributed by atoms with Crippen molar-refractivity contribution in [2.45, 2.75) is 39.2 Å². The molecule has 0 amide bonds. The summed E-state index contributed by atoms with van der Waals surface area (Å²) in [5.41, 5.74) is 5.96. The molecule has 0 saturated heterocycles. The Morgan fingerprint density at radius 2 is 2.18 bits per heavy atom. The van der Waals surface area contributed by atoms with Gasteiger partial charge in [0.05, 0.1) is 6.61 Å². The minimum atomic E-state index is -0.299. The average Bonchev–Trinajstić information content (AvgIpc) is 2.77. The number of rotatable bonds is 8. The molecule has 0 aromatic carbocycles. The van der Waals surface area contributed by atoms with E-state index in [0.717, 1.165) is 38.8 Å². The van der Waals surface area contributed by atoms with Crippen LogP contribution in [0.25, 0.3) is 0 Å². The van der Waals surface area contributed by atoms with E-state index >= 15 is 0 Å². The van der Waals surface area contributed by atoms with Gasteiger partial charge in [0.2, 0.25) is 0 Å². The second kappa shape index (κ2) is 7.84. The predicted molar refractivity (Wildman–Crippen MR) is 65.7 cm³/mol. The molecule has 0 aliphatic heterocycles. The van der Waals surface area contributed by atoms with Crippen LogP contribution in [0.5, 0.6) is 0 Å². The molecule has 5 nitrogen and oxygen atoms in total. The van der Waals surface area contributed by atoms with Gasteiger partial charge in [-0.1, -0.05) is 12.8 Å². The first-order valence-corrected chi connectivity index (χ1v) is 6.18. The summed E-state index contributed by atoms with van der Waals surface area (Å²) >= 11 is 0. The van der Waals surface area contributed by atoms with Crippen LogP contribution < -0.4 is 5.73 Å². The third-order valence-electron chi connectivity index (χ3n) is 2.53. The molecule has 1 aromatic rings. The Morgan fingerprint density at radius 1 is 1.41 bits per heavy atom. The monoisotopic (exact) mass is 239 g/mol. The van der Waals surface area contributed by atoms with Gasteiger partial charge in [-0.15, -0.1) is 0 Å². The number of unbranched alkanes of at least 4 members (excludes halogenated alkanes) is 3. The molecule has 0 aliphatic rings. The number of esters is 1. The number of carbonyl (C=O) groups is 1. The first kappa shape index (κ1) is 13.7. The van der Waals surface area contributed by atoms with Gasteiger partial charge >= 0.3 is 5.97 Å². The van der Waals surface area contributed by atoms with Crippen molar-refractivity contribution in [3.8, 4) is 0 Å². The molecule has 0 bridgehead atoms. The Kier molecular flexibility index (Phi) is 6.32. The molecule has 1 heterocycles. The van der Waals surface area contributed by atoms with Crippen molar-refractivity contribution >= 4 is 5.97 Å². The van der Waals surface area contributed by atoms with Crippen LogP contribution in [0.3, 0.4) is 0 Å². The Balaban J connectivity index is 2.38. The molecule has 96 valence electrons. The fourth-order valence-electron chi connectivity index (χ4n) is 1.65. The number of hydrogen-bond acceptors (Lipinski definition) is 4. The maximum atomic E-state index is 11.6. The van der Waals surface area contributed by atoms with Crippen molar-refractivity contribution in [2.75, 3.05) is 13.2 Å². The van der Waals surface area contributed by atoms with Gasteiger partial charge < -0.3 is 10.5 Å². The predicted octanol–water partition coefficient (Wildman–Crippen LogP) is 1.58. The molecule has 0 saturated carbocycles. The van der Waals surface area contributed by atoms with Crippen LogP contribution in [0.15, 0.2) is 12.3 Å². The summed E-state index contributed by atoms with van der Waals surface area (Å²) < 4.78 is 6.66. The minimum Gasteiger partial charge on any atom is -0.461 e. The molecule has 2 N–H and O–H groups in total. The molecule has 0 fully saturated rings. The maximum absolute atomic E-state index is 11.6. The smallest absolute Gasteiger partial charge is 0.356 e. The van der Waals surface area contributed by atoms with E-state index in [2.05, 4.69) is 5.10 Å². The minimum absolute atomic E-state index is 0.299. The highest BCUT2D eigenvalue weighted by atomic mass is 16.5. The lowest BCUT2D eigenvalue weighted by molar-refractivity contribution is 0.0511. The van der Waals surface area contributed by atoms with Crippen LogP contribution >= 0.6 is 0 Å². The zero-order valence-electron chi connectivity index (χ0n) is 10.4. The van der Waals surface area contributed by atoms with Crippen LogP contribution in [0.4, 0.5) is 0 Å². The largest absolute Gasteiger partial charge is 0.461 e. The fraction of sp³-hybridized carbons (Fsp3) is 0.667. The lowest BCUT2D eigenvalue weighted by Crippen LogP contribution is -2.13. The van der Waals surface area contributed by atoms with E-state index in [9.17, 15) is 4.79 Å². The lowest BCUT2D eigenvalue weighted by Gasteiger charge is -2.06. The van der Waals surface area contributed by atoms with Gasteiger partial charge in [0.1, 0.15) is 5.69 Å². The van der Waals surface area contributed by atoms with Gasteiger partial charge in [0.15, 0.2) is 0 Å². The third kappa shape index (κ3) is 4.56. The molecule has 0 aliphatic carbocycles. The molecule has 5 heteroatoms. The van der Waals surface area contributed by atoms with E-state index in [-0.39, 0.29) is 5.97 Å². The molecule has 0 unspecified atom stereocenters. The normalized spacial score (nSPS) is 10.5. The fourth-order valence-corrected chi connectivity index (χ4v) is 1.65. The molecule has 1 rings (SSSR count). The second-order valence-electron chi connectivity index (χ2n) is 3.86. The maximum Gasteiger partial charge on any atom is 0.356 e. The number of nitrogens with two attached hydrogens (primary N) is 1. The number of aromatic nitrogens is 2. The van der Waals surface area contributed by atoms with E-state index in [1.807, 2.05) is 0 Å². The number of aryl methyl sites for hydroxylation is 1. The van der Waals surface area contributed by atoms with Crippen molar-refractivity contribution in [1.82, 2.24) is 9.78 Å². The Labute approximate surface area is 102 Å². The van der Waals surface area contributed by atoms with Gasteiger partial charge in [-0.25, -0.2) is 4.79 Å². The average molecular weight is 239 g/mol. The second-order valence-corrected chi connectivity index (χ2v) is 3.86.